The van der Waals surface area contributed by atoms with Crippen molar-refractivity contribution in [3.8, 4) is 0 Å². The second-order valence-corrected chi connectivity index (χ2v) is 7.49. The van der Waals surface area contributed by atoms with Gasteiger partial charge in [-0.2, -0.15) is 0 Å². The van der Waals surface area contributed by atoms with E-state index in [1.165, 1.54) is 5.56 Å². The Morgan fingerprint density at radius 2 is 2.00 bits per heavy atom. The van der Waals surface area contributed by atoms with Crippen LogP contribution in [0.5, 0.6) is 0 Å². The summed E-state index contributed by atoms with van der Waals surface area (Å²) in [4.78, 5) is 31.8. The lowest BCUT2D eigenvalue weighted by Gasteiger charge is -2.37. The van der Waals surface area contributed by atoms with Gasteiger partial charge in [0.1, 0.15) is 5.56 Å². The first-order valence-electron chi connectivity index (χ1n) is 9.78. The van der Waals surface area contributed by atoms with Crippen LogP contribution < -0.4 is 5.56 Å². The van der Waals surface area contributed by atoms with Crippen molar-refractivity contribution < 1.29 is 4.79 Å². The van der Waals surface area contributed by atoms with Crippen LogP contribution in [0, 0.1) is 6.92 Å². The zero-order chi connectivity index (χ0) is 19.2. The number of hydrogen-bond acceptors (Lipinski definition) is 3. The maximum absolute atomic E-state index is 12.8. The van der Waals surface area contributed by atoms with Crippen LogP contribution in [0.3, 0.4) is 0 Å². The van der Waals surface area contributed by atoms with Crippen molar-refractivity contribution in [2.75, 3.05) is 26.7 Å². The normalized spacial score (nSPS) is 17.6. The number of H-pyrrole nitrogens is 1. The third kappa shape index (κ3) is 5.07. The SMILES string of the molecule is Cc1ccc(C(=O)N(C)[C@@H]2CCCN(CCCc3ccccc3)C2)c(=O)[nH]1. The molecule has 0 bridgehead atoms. The molecule has 1 atom stereocenters. The molecule has 1 saturated heterocycles. The van der Waals surface area contributed by atoms with Gasteiger partial charge in [0.05, 0.1) is 0 Å². The highest BCUT2D eigenvalue weighted by molar-refractivity contribution is 5.93. The zero-order valence-electron chi connectivity index (χ0n) is 16.3. The van der Waals surface area contributed by atoms with Gasteiger partial charge in [0.25, 0.3) is 11.5 Å². The van der Waals surface area contributed by atoms with Crippen LogP contribution in [0.25, 0.3) is 0 Å². The maximum atomic E-state index is 12.8. The van der Waals surface area contributed by atoms with Gasteiger partial charge in [0.15, 0.2) is 0 Å². The van der Waals surface area contributed by atoms with Crippen molar-refractivity contribution in [1.82, 2.24) is 14.8 Å². The minimum absolute atomic E-state index is 0.156. The predicted molar refractivity (Wildman–Crippen MR) is 108 cm³/mol. The lowest BCUT2D eigenvalue weighted by molar-refractivity contribution is 0.0615. The number of benzene rings is 1. The minimum Gasteiger partial charge on any atom is -0.337 e. The topological polar surface area (TPSA) is 56.4 Å². The van der Waals surface area contributed by atoms with E-state index in [1.54, 1.807) is 17.0 Å². The molecule has 1 aromatic heterocycles. The molecule has 3 rings (SSSR count). The van der Waals surface area contributed by atoms with Crippen LogP contribution in [0.15, 0.2) is 47.3 Å². The molecule has 1 N–H and O–H groups in total. The van der Waals surface area contributed by atoms with Crippen LogP contribution in [0.2, 0.25) is 0 Å². The number of nitrogens with zero attached hydrogens (tertiary/aromatic N) is 2. The number of carbonyl (C=O) groups excluding carboxylic acids is 1. The van der Waals surface area contributed by atoms with Crippen LogP contribution in [0.4, 0.5) is 0 Å². The molecule has 0 spiro atoms. The fourth-order valence-electron chi connectivity index (χ4n) is 3.80. The standard InChI is InChI=1S/C22H29N3O2/c1-17-12-13-20(21(26)23-17)22(27)24(2)19-11-7-15-25(16-19)14-6-10-18-8-4-3-5-9-18/h3-5,8-9,12-13,19H,6-7,10-11,14-16H2,1-2H3,(H,23,26)/t19-/m1/s1. The number of hydrogen-bond donors (Lipinski definition) is 1. The first kappa shape index (κ1) is 19.4. The summed E-state index contributed by atoms with van der Waals surface area (Å²) in [6.07, 6.45) is 4.26. The Balaban J connectivity index is 1.55. The number of rotatable bonds is 6. The van der Waals surface area contributed by atoms with E-state index in [0.717, 1.165) is 51.0 Å². The molecule has 1 fully saturated rings. The lowest BCUT2D eigenvalue weighted by Crippen LogP contribution is -2.49. The predicted octanol–water partition coefficient (Wildman–Crippen LogP) is 2.85. The molecule has 1 aliphatic rings. The summed E-state index contributed by atoms with van der Waals surface area (Å²) < 4.78 is 0. The quantitative estimate of drug-likeness (QED) is 0.854. The maximum Gasteiger partial charge on any atom is 0.260 e. The van der Waals surface area contributed by atoms with E-state index in [2.05, 4.69) is 34.1 Å². The molecular formula is C22H29N3O2. The Kier molecular flexibility index (Phi) is 6.45. The summed E-state index contributed by atoms with van der Waals surface area (Å²) in [7, 11) is 1.82. The average Bonchev–Trinajstić information content (AvgIpc) is 2.68. The molecule has 144 valence electrons. The van der Waals surface area contributed by atoms with Gasteiger partial charge < -0.3 is 14.8 Å². The largest absolute Gasteiger partial charge is 0.337 e. The Hall–Kier alpha value is -2.40. The Bertz CT molecular complexity index is 816. The number of carbonyl (C=O) groups is 1. The molecule has 2 heterocycles. The van der Waals surface area contributed by atoms with E-state index in [-0.39, 0.29) is 23.1 Å². The van der Waals surface area contributed by atoms with Gasteiger partial charge in [-0.3, -0.25) is 9.59 Å². The second kappa shape index (κ2) is 9.00. The molecule has 0 unspecified atom stereocenters. The van der Waals surface area contributed by atoms with Crippen LogP contribution in [-0.2, 0) is 6.42 Å². The van der Waals surface area contributed by atoms with Gasteiger partial charge >= 0.3 is 0 Å². The second-order valence-electron chi connectivity index (χ2n) is 7.49. The molecule has 2 aromatic rings. The van der Waals surface area contributed by atoms with Crippen molar-refractivity contribution >= 4 is 5.91 Å². The van der Waals surface area contributed by atoms with Gasteiger partial charge in [-0.25, -0.2) is 0 Å². The Labute approximate surface area is 161 Å². The fraction of sp³-hybridized carbons (Fsp3) is 0.455. The average molecular weight is 367 g/mol. The number of aryl methyl sites for hydroxylation is 2. The van der Waals surface area contributed by atoms with Crippen molar-refractivity contribution in [3.63, 3.8) is 0 Å². The summed E-state index contributed by atoms with van der Waals surface area (Å²) >= 11 is 0. The van der Waals surface area contributed by atoms with Crippen molar-refractivity contribution in [3.05, 3.63) is 69.6 Å². The molecular weight excluding hydrogens is 338 g/mol. The number of likely N-dealkylation sites (tertiary alicyclic amines) is 1. The number of piperidine rings is 1. The first-order valence-corrected chi connectivity index (χ1v) is 9.78. The molecule has 0 radical (unpaired) electrons. The number of amides is 1. The molecule has 5 heteroatoms. The summed E-state index contributed by atoms with van der Waals surface area (Å²) in [5.41, 5.74) is 2.06. The highest BCUT2D eigenvalue weighted by Gasteiger charge is 2.27. The molecule has 0 aliphatic carbocycles. The summed E-state index contributed by atoms with van der Waals surface area (Å²) in [6, 6.07) is 14.1. The Morgan fingerprint density at radius 3 is 2.74 bits per heavy atom. The molecule has 1 amide bonds. The van der Waals surface area contributed by atoms with Crippen molar-refractivity contribution in [1.29, 1.82) is 0 Å². The summed E-state index contributed by atoms with van der Waals surface area (Å²) in [5, 5.41) is 0. The molecule has 1 aromatic carbocycles. The van der Waals surface area contributed by atoms with Gasteiger partial charge in [-0.1, -0.05) is 30.3 Å². The minimum atomic E-state index is -0.303. The number of pyridine rings is 1. The van der Waals surface area contributed by atoms with E-state index in [9.17, 15) is 9.59 Å². The van der Waals surface area contributed by atoms with E-state index in [0.29, 0.717) is 0 Å². The highest BCUT2D eigenvalue weighted by atomic mass is 16.2. The van der Waals surface area contributed by atoms with E-state index in [4.69, 9.17) is 0 Å². The number of likely N-dealkylation sites (N-methyl/N-ethyl adjacent to an activating group) is 1. The van der Waals surface area contributed by atoms with Gasteiger partial charge in [-0.05, 0) is 63.4 Å². The van der Waals surface area contributed by atoms with Gasteiger partial charge in [-0.15, -0.1) is 0 Å². The first-order chi connectivity index (χ1) is 13.0. The third-order valence-corrected chi connectivity index (χ3v) is 5.42. The highest BCUT2D eigenvalue weighted by Crippen LogP contribution is 2.17. The van der Waals surface area contributed by atoms with E-state index < -0.39 is 0 Å². The molecule has 27 heavy (non-hydrogen) atoms. The summed E-state index contributed by atoms with van der Waals surface area (Å²) in [6.45, 7) is 4.81. The monoisotopic (exact) mass is 367 g/mol. The molecule has 5 nitrogen and oxygen atoms in total. The fourth-order valence-corrected chi connectivity index (χ4v) is 3.80. The van der Waals surface area contributed by atoms with Crippen molar-refractivity contribution in [2.45, 2.75) is 38.6 Å². The number of nitrogens with one attached hydrogen (secondary N) is 1. The van der Waals surface area contributed by atoms with Crippen LogP contribution in [-0.4, -0.2) is 53.4 Å². The molecule has 1 aliphatic heterocycles. The van der Waals surface area contributed by atoms with E-state index >= 15 is 0 Å². The van der Waals surface area contributed by atoms with Crippen molar-refractivity contribution in [2.24, 2.45) is 0 Å². The van der Waals surface area contributed by atoms with Crippen LogP contribution >= 0.6 is 0 Å². The Morgan fingerprint density at radius 1 is 1.22 bits per heavy atom. The smallest absolute Gasteiger partial charge is 0.260 e. The van der Waals surface area contributed by atoms with Gasteiger partial charge in [0.2, 0.25) is 0 Å². The van der Waals surface area contributed by atoms with E-state index in [1.807, 2.05) is 20.0 Å². The van der Waals surface area contributed by atoms with Gasteiger partial charge in [0, 0.05) is 25.3 Å². The summed E-state index contributed by atoms with van der Waals surface area (Å²) in [5.74, 6) is -0.188. The zero-order valence-corrected chi connectivity index (χ0v) is 16.3. The van der Waals surface area contributed by atoms with Crippen LogP contribution in [0.1, 0.15) is 40.9 Å². The third-order valence-electron chi connectivity index (χ3n) is 5.42. The number of aromatic amines is 1. The number of aromatic nitrogens is 1. The lowest BCUT2D eigenvalue weighted by atomic mass is 10.0. The molecule has 0 saturated carbocycles.